The van der Waals surface area contributed by atoms with E-state index in [1.807, 2.05) is 120 Å². The van der Waals surface area contributed by atoms with Crippen LogP contribution in [-0.4, -0.2) is 42.9 Å². The Morgan fingerprint density at radius 3 is 1.64 bits per heavy atom. The first-order valence-corrected chi connectivity index (χ1v) is 12.3. The molecule has 0 unspecified atom stereocenters. The Morgan fingerprint density at radius 1 is 0.611 bits per heavy atom. The third kappa shape index (κ3) is 5.31. The van der Waals surface area contributed by atoms with Gasteiger partial charge in [-0.3, -0.25) is 9.59 Å². The molecule has 1 aliphatic rings. The molecule has 0 bridgehead atoms. The van der Waals surface area contributed by atoms with Crippen molar-refractivity contribution >= 4 is 23.2 Å². The van der Waals surface area contributed by atoms with Crippen molar-refractivity contribution in [3.8, 4) is 0 Å². The molecule has 5 heteroatoms. The van der Waals surface area contributed by atoms with Gasteiger partial charge in [-0.05, 0) is 47.5 Å². The van der Waals surface area contributed by atoms with Crippen molar-refractivity contribution in [2.75, 3.05) is 36.4 Å². The molecule has 1 aliphatic heterocycles. The molecule has 5 nitrogen and oxygen atoms in total. The van der Waals surface area contributed by atoms with Crippen LogP contribution in [0.15, 0.2) is 115 Å². The minimum atomic E-state index is -0.387. The van der Waals surface area contributed by atoms with Crippen molar-refractivity contribution in [2.24, 2.45) is 0 Å². The second kappa shape index (κ2) is 10.9. The SMILES string of the molecule is O=C(Nc1ccc(N2CCN(C(=O)c3ccccc3)CC2)cc1)C(c1ccccc1)c1ccccc1. The lowest BCUT2D eigenvalue weighted by atomic mass is 9.90. The number of carbonyl (C=O) groups is 2. The van der Waals surface area contributed by atoms with Gasteiger partial charge in [0.1, 0.15) is 0 Å². The van der Waals surface area contributed by atoms with Crippen LogP contribution in [0, 0.1) is 0 Å². The zero-order valence-corrected chi connectivity index (χ0v) is 20.1. The van der Waals surface area contributed by atoms with Gasteiger partial charge in [0.25, 0.3) is 5.91 Å². The highest BCUT2D eigenvalue weighted by Gasteiger charge is 2.24. The summed E-state index contributed by atoms with van der Waals surface area (Å²) in [6.07, 6.45) is 0. The summed E-state index contributed by atoms with van der Waals surface area (Å²) in [5.74, 6) is -0.366. The lowest BCUT2D eigenvalue weighted by Crippen LogP contribution is -2.48. The average Bonchev–Trinajstić information content (AvgIpc) is 2.95. The van der Waals surface area contributed by atoms with Crippen LogP contribution in [0.3, 0.4) is 0 Å². The highest BCUT2D eigenvalue weighted by molar-refractivity contribution is 5.98. The fraction of sp³-hybridized carbons (Fsp3) is 0.161. The lowest BCUT2D eigenvalue weighted by Gasteiger charge is -2.36. The van der Waals surface area contributed by atoms with Gasteiger partial charge in [0.05, 0.1) is 5.92 Å². The third-order valence-electron chi connectivity index (χ3n) is 6.62. The molecule has 5 rings (SSSR count). The molecule has 0 radical (unpaired) electrons. The molecule has 36 heavy (non-hydrogen) atoms. The molecule has 4 aromatic rings. The summed E-state index contributed by atoms with van der Waals surface area (Å²) in [6.45, 7) is 2.91. The van der Waals surface area contributed by atoms with Gasteiger partial charge >= 0.3 is 0 Å². The maximum atomic E-state index is 13.4. The van der Waals surface area contributed by atoms with E-state index in [2.05, 4.69) is 10.2 Å². The van der Waals surface area contributed by atoms with Crippen LogP contribution in [0.2, 0.25) is 0 Å². The summed E-state index contributed by atoms with van der Waals surface area (Å²) in [5, 5.41) is 3.10. The number of hydrogen-bond acceptors (Lipinski definition) is 3. The van der Waals surface area contributed by atoms with E-state index in [0.717, 1.165) is 41.2 Å². The summed E-state index contributed by atoms with van der Waals surface area (Å²) in [4.78, 5) is 30.3. The van der Waals surface area contributed by atoms with Crippen LogP contribution in [0.5, 0.6) is 0 Å². The van der Waals surface area contributed by atoms with E-state index >= 15 is 0 Å². The summed E-state index contributed by atoms with van der Waals surface area (Å²) >= 11 is 0. The normalized spacial score (nSPS) is 13.5. The minimum absolute atomic E-state index is 0.0619. The Balaban J connectivity index is 1.23. The molecule has 1 saturated heterocycles. The van der Waals surface area contributed by atoms with Crippen LogP contribution >= 0.6 is 0 Å². The monoisotopic (exact) mass is 475 g/mol. The molecular weight excluding hydrogens is 446 g/mol. The zero-order chi connectivity index (χ0) is 24.7. The highest BCUT2D eigenvalue weighted by Crippen LogP contribution is 2.27. The summed E-state index contributed by atoms with van der Waals surface area (Å²) in [7, 11) is 0. The predicted octanol–water partition coefficient (Wildman–Crippen LogP) is 5.42. The first-order chi connectivity index (χ1) is 17.7. The standard InChI is InChI=1S/C31H29N3O2/c35-30(29(24-10-4-1-5-11-24)25-12-6-2-7-13-25)32-27-16-18-28(19-17-27)33-20-22-34(23-21-33)31(36)26-14-8-3-9-15-26/h1-19,29H,20-23H2,(H,32,35). The Morgan fingerprint density at radius 2 is 1.11 bits per heavy atom. The molecule has 0 atom stereocenters. The van der Waals surface area contributed by atoms with Crippen molar-refractivity contribution in [3.63, 3.8) is 0 Å². The lowest BCUT2D eigenvalue weighted by molar-refractivity contribution is -0.116. The number of amides is 2. The van der Waals surface area contributed by atoms with E-state index in [-0.39, 0.29) is 17.7 Å². The Hall–Kier alpha value is -4.38. The van der Waals surface area contributed by atoms with Crippen molar-refractivity contribution in [1.82, 2.24) is 4.90 Å². The van der Waals surface area contributed by atoms with E-state index in [0.29, 0.717) is 13.1 Å². The summed E-state index contributed by atoms with van der Waals surface area (Å²) in [5.41, 5.74) is 4.50. The van der Waals surface area contributed by atoms with Crippen LogP contribution in [-0.2, 0) is 4.79 Å². The Bertz CT molecular complexity index is 1240. The predicted molar refractivity (Wildman–Crippen MR) is 144 cm³/mol. The maximum Gasteiger partial charge on any atom is 0.253 e. The number of hydrogen-bond donors (Lipinski definition) is 1. The molecule has 1 heterocycles. The van der Waals surface area contributed by atoms with Crippen LogP contribution in [0.4, 0.5) is 11.4 Å². The van der Waals surface area contributed by atoms with E-state index in [9.17, 15) is 9.59 Å². The molecule has 1 fully saturated rings. The smallest absolute Gasteiger partial charge is 0.253 e. The van der Waals surface area contributed by atoms with E-state index in [4.69, 9.17) is 0 Å². The fourth-order valence-corrected chi connectivity index (χ4v) is 4.69. The van der Waals surface area contributed by atoms with Gasteiger partial charge in [0.15, 0.2) is 0 Å². The quantitative estimate of drug-likeness (QED) is 0.405. The number of benzene rings is 4. The van der Waals surface area contributed by atoms with Crippen LogP contribution in [0.25, 0.3) is 0 Å². The van der Waals surface area contributed by atoms with Gasteiger partial charge in [-0.15, -0.1) is 0 Å². The molecule has 0 aromatic heterocycles. The van der Waals surface area contributed by atoms with Gasteiger partial charge in [-0.2, -0.15) is 0 Å². The van der Waals surface area contributed by atoms with Crippen LogP contribution < -0.4 is 10.2 Å². The van der Waals surface area contributed by atoms with Gasteiger partial charge < -0.3 is 15.1 Å². The molecule has 0 saturated carbocycles. The molecule has 0 aliphatic carbocycles. The number of piperazine rings is 1. The minimum Gasteiger partial charge on any atom is -0.368 e. The summed E-state index contributed by atoms with van der Waals surface area (Å²) in [6, 6.07) is 37.1. The molecule has 180 valence electrons. The molecular formula is C31H29N3O2. The second-order valence-corrected chi connectivity index (χ2v) is 8.94. The van der Waals surface area contributed by atoms with E-state index in [1.165, 1.54) is 0 Å². The number of carbonyl (C=O) groups excluding carboxylic acids is 2. The molecule has 2 amide bonds. The van der Waals surface area contributed by atoms with Gasteiger partial charge in [0.2, 0.25) is 5.91 Å². The van der Waals surface area contributed by atoms with E-state index in [1.54, 1.807) is 0 Å². The van der Waals surface area contributed by atoms with Crippen molar-refractivity contribution in [1.29, 1.82) is 0 Å². The fourth-order valence-electron chi connectivity index (χ4n) is 4.69. The molecule has 1 N–H and O–H groups in total. The number of rotatable bonds is 6. The Kier molecular flexibility index (Phi) is 7.08. The van der Waals surface area contributed by atoms with Crippen LogP contribution in [0.1, 0.15) is 27.4 Å². The summed E-state index contributed by atoms with van der Waals surface area (Å²) < 4.78 is 0. The topological polar surface area (TPSA) is 52.7 Å². The zero-order valence-electron chi connectivity index (χ0n) is 20.1. The first kappa shape index (κ1) is 23.4. The van der Waals surface area contributed by atoms with E-state index < -0.39 is 0 Å². The van der Waals surface area contributed by atoms with Crippen molar-refractivity contribution < 1.29 is 9.59 Å². The highest BCUT2D eigenvalue weighted by atomic mass is 16.2. The third-order valence-corrected chi connectivity index (χ3v) is 6.62. The first-order valence-electron chi connectivity index (χ1n) is 12.3. The largest absolute Gasteiger partial charge is 0.368 e. The molecule has 0 spiro atoms. The Labute approximate surface area is 212 Å². The second-order valence-electron chi connectivity index (χ2n) is 8.94. The molecule has 4 aromatic carbocycles. The van der Waals surface area contributed by atoms with Gasteiger partial charge in [0, 0.05) is 43.1 Å². The van der Waals surface area contributed by atoms with Crippen molar-refractivity contribution in [2.45, 2.75) is 5.92 Å². The van der Waals surface area contributed by atoms with Crippen molar-refractivity contribution in [3.05, 3.63) is 132 Å². The van der Waals surface area contributed by atoms with Gasteiger partial charge in [-0.1, -0.05) is 78.9 Å². The number of nitrogens with zero attached hydrogens (tertiary/aromatic N) is 2. The maximum absolute atomic E-state index is 13.4. The number of nitrogens with one attached hydrogen (secondary N) is 1. The average molecular weight is 476 g/mol. The van der Waals surface area contributed by atoms with Gasteiger partial charge in [-0.25, -0.2) is 0 Å². The number of anilines is 2.